The number of unbranched alkanes of at least 4 members (excludes halogenated alkanes) is 1. The first-order chi connectivity index (χ1) is 13.4. The molecule has 2 heterocycles. The lowest BCUT2D eigenvalue weighted by atomic mass is 10.1. The molecule has 1 aromatic heterocycles. The first-order valence-electron chi connectivity index (χ1n) is 8.73. The number of rotatable bonds is 6. The number of hydrogen-bond acceptors (Lipinski definition) is 5. The zero-order valence-electron chi connectivity index (χ0n) is 15.1. The van der Waals surface area contributed by atoms with E-state index < -0.39 is 16.7 Å². The maximum absolute atomic E-state index is 12.8. The third kappa shape index (κ3) is 3.84. The van der Waals surface area contributed by atoms with Gasteiger partial charge in [-0.25, -0.2) is 0 Å². The fraction of sp³-hybridized carbons (Fsp3) is 0.211. The lowest BCUT2D eigenvalue weighted by Crippen LogP contribution is -2.54. The quantitative estimate of drug-likeness (QED) is 0.265. The number of nitrogens with zero attached hydrogens (tertiary/aromatic N) is 3. The van der Waals surface area contributed by atoms with Crippen LogP contribution in [0.5, 0.6) is 0 Å². The highest BCUT2D eigenvalue weighted by Gasteiger charge is 2.33. The number of nitro groups is 1. The van der Waals surface area contributed by atoms with Crippen LogP contribution in [0.2, 0.25) is 0 Å². The van der Waals surface area contributed by atoms with Gasteiger partial charge >= 0.3 is 0 Å². The highest BCUT2D eigenvalue weighted by atomic mass is 32.1. The van der Waals surface area contributed by atoms with Gasteiger partial charge < -0.3 is 4.57 Å². The fourth-order valence-corrected chi connectivity index (χ4v) is 3.13. The van der Waals surface area contributed by atoms with Gasteiger partial charge in [0.25, 0.3) is 17.5 Å². The number of aromatic nitrogens is 1. The lowest BCUT2D eigenvalue weighted by Gasteiger charge is -2.28. The molecule has 0 aliphatic carbocycles. The highest BCUT2D eigenvalue weighted by Crippen LogP contribution is 2.21. The second kappa shape index (κ2) is 8.13. The summed E-state index contributed by atoms with van der Waals surface area (Å²) >= 11 is 5.11. The van der Waals surface area contributed by atoms with Crippen molar-refractivity contribution in [1.29, 1.82) is 0 Å². The number of benzene rings is 1. The summed E-state index contributed by atoms with van der Waals surface area (Å²) in [6, 6.07) is 9.56. The molecule has 1 aliphatic rings. The molecule has 0 radical (unpaired) electrons. The molecule has 3 rings (SSSR count). The number of hydrogen-bond donors (Lipinski definition) is 1. The van der Waals surface area contributed by atoms with Gasteiger partial charge in [0.15, 0.2) is 5.11 Å². The third-order valence-corrected chi connectivity index (χ3v) is 4.63. The minimum absolute atomic E-state index is 0.0323. The number of non-ortho nitro benzene ring substituents is 1. The van der Waals surface area contributed by atoms with Crippen LogP contribution in [0.25, 0.3) is 11.8 Å². The van der Waals surface area contributed by atoms with Crippen molar-refractivity contribution in [3.63, 3.8) is 0 Å². The summed E-state index contributed by atoms with van der Waals surface area (Å²) in [6.07, 6.45) is 4.82. The molecule has 2 aromatic rings. The van der Waals surface area contributed by atoms with E-state index in [9.17, 15) is 19.7 Å². The van der Waals surface area contributed by atoms with E-state index in [1.165, 1.54) is 23.1 Å². The van der Waals surface area contributed by atoms with Crippen LogP contribution in [0.3, 0.4) is 0 Å². The van der Waals surface area contributed by atoms with Crippen molar-refractivity contribution in [2.45, 2.75) is 19.8 Å². The van der Waals surface area contributed by atoms with Crippen LogP contribution >= 0.6 is 12.2 Å². The molecule has 1 aliphatic heterocycles. The van der Waals surface area contributed by atoms with Crippen LogP contribution in [-0.4, -0.2) is 37.9 Å². The lowest BCUT2D eigenvalue weighted by molar-refractivity contribution is -0.384. The average Bonchev–Trinajstić information content (AvgIpc) is 3.13. The SMILES string of the molecule is CCCCN1C(=O)/C(=C/c2cccn2-c2cccc([N+](=O)[O-])c2)C(=O)NC1=S. The summed E-state index contributed by atoms with van der Waals surface area (Å²) in [4.78, 5) is 37.1. The second-order valence-electron chi connectivity index (χ2n) is 6.21. The molecular formula is C19H18N4O4S. The Morgan fingerprint density at radius 2 is 2.04 bits per heavy atom. The fourth-order valence-electron chi connectivity index (χ4n) is 2.86. The van der Waals surface area contributed by atoms with Crippen molar-refractivity contribution < 1.29 is 14.5 Å². The van der Waals surface area contributed by atoms with Gasteiger partial charge in [0.2, 0.25) is 0 Å². The Morgan fingerprint density at radius 3 is 2.75 bits per heavy atom. The van der Waals surface area contributed by atoms with Crippen molar-refractivity contribution in [3.8, 4) is 5.69 Å². The van der Waals surface area contributed by atoms with Crippen LogP contribution in [0.1, 0.15) is 25.5 Å². The second-order valence-corrected chi connectivity index (χ2v) is 6.59. The number of carbonyl (C=O) groups excluding carboxylic acids is 2. The first kappa shape index (κ1) is 19.4. The zero-order valence-corrected chi connectivity index (χ0v) is 15.9. The minimum atomic E-state index is -0.561. The van der Waals surface area contributed by atoms with E-state index in [0.717, 1.165) is 12.8 Å². The Bertz CT molecular complexity index is 995. The van der Waals surface area contributed by atoms with Crippen molar-refractivity contribution in [1.82, 2.24) is 14.8 Å². The van der Waals surface area contributed by atoms with E-state index in [4.69, 9.17) is 12.2 Å². The minimum Gasteiger partial charge on any atom is -0.317 e. The molecule has 8 nitrogen and oxygen atoms in total. The summed E-state index contributed by atoms with van der Waals surface area (Å²) in [5.41, 5.74) is 1.01. The first-order valence-corrected chi connectivity index (χ1v) is 9.14. The zero-order chi connectivity index (χ0) is 20.3. The van der Waals surface area contributed by atoms with Gasteiger partial charge in [-0.1, -0.05) is 19.4 Å². The Kier molecular flexibility index (Phi) is 5.65. The van der Waals surface area contributed by atoms with E-state index in [1.54, 1.807) is 35.0 Å². The van der Waals surface area contributed by atoms with Gasteiger partial charge in [-0.3, -0.25) is 29.9 Å². The Balaban J connectivity index is 1.98. The summed E-state index contributed by atoms with van der Waals surface area (Å²) in [5, 5.41) is 13.7. The predicted molar refractivity (Wildman–Crippen MR) is 108 cm³/mol. The number of carbonyl (C=O) groups is 2. The molecule has 1 aromatic carbocycles. The molecule has 0 bridgehead atoms. The molecule has 0 unspecified atom stereocenters. The maximum atomic E-state index is 12.8. The van der Waals surface area contributed by atoms with E-state index in [2.05, 4.69) is 5.32 Å². The van der Waals surface area contributed by atoms with Gasteiger partial charge in [0, 0.05) is 30.6 Å². The molecule has 144 valence electrons. The van der Waals surface area contributed by atoms with Gasteiger partial charge in [-0.2, -0.15) is 0 Å². The van der Waals surface area contributed by atoms with Crippen LogP contribution in [0, 0.1) is 10.1 Å². The number of nitro benzene ring substituents is 1. The molecule has 1 saturated heterocycles. The van der Waals surface area contributed by atoms with Crippen molar-refractivity contribution >= 4 is 40.9 Å². The van der Waals surface area contributed by atoms with E-state index in [-0.39, 0.29) is 16.4 Å². The molecule has 9 heteroatoms. The summed E-state index contributed by atoms with van der Waals surface area (Å²) in [6.45, 7) is 2.43. The van der Waals surface area contributed by atoms with Crippen molar-refractivity contribution in [2.75, 3.05) is 6.54 Å². The smallest absolute Gasteiger partial charge is 0.271 e. The van der Waals surface area contributed by atoms with Crippen molar-refractivity contribution in [2.24, 2.45) is 0 Å². The summed E-state index contributed by atoms with van der Waals surface area (Å²) in [5.74, 6) is -1.01. The standard InChI is InChI=1S/C19H18N4O4S/c1-2-3-9-22-18(25)16(17(24)20-19(22)28)12-14-8-5-10-21(14)13-6-4-7-15(11-13)23(26)27/h4-8,10-12H,2-3,9H2,1H3,(H,20,24,28)/b16-12+. The molecular weight excluding hydrogens is 380 g/mol. The maximum Gasteiger partial charge on any atom is 0.271 e. The predicted octanol–water partition coefficient (Wildman–Crippen LogP) is 2.81. The Labute approximate surface area is 166 Å². The Morgan fingerprint density at radius 1 is 1.25 bits per heavy atom. The highest BCUT2D eigenvalue weighted by molar-refractivity contribution is 7.80. The van der Waals surface area contributed by atoms with Gasteiger partial charge in [0.1, 0.15) is 5.57 Å². The third-order valence-electron chi connectivity index (χ3n) is 4.31. The average molecular weight is 398 g/mol. The summed E-state index contributed by atoms with van der Waals surface area (Å²) in [7, 11) is 0. The molecule has 1 N–H and O–H groups in total. The summed E-state index contributed by atoms with van der Waals surface area (Å²) < 4.78 is 1.67. The van der Waals surface area contributed by atoms with E-state index in [1.807, 2.05) is 6.92 Å². The number of nitrogens with one attached hydrogen (secondary N) is 1. The number of thiocarbonyl (C=S) groups is 1. The molecule has 2 amide bonds. The van der Waals surface area contributed by atoms with E-state index >= 15 is 0 Å². The molecule has 0 spiro atoms. The van der Waals surface area contributed by atoms with Crippen LogP contribution in [0.4, 0.5) is 5.69 Å². The normalized spacial score (nSPS) is 15.8. The molecule has 0 atom stereocenters. The largest absolute Gasteiger partial charge is 0.317 e. The molecule has 1 fully saturated rings. The van der Waals surface area contributed by atoms with Crippen LogP contribution in [0.15, 0.2) is 48.2 Å². The van der Waals surface area contributed by atoms with Gasteiger partial charge in [-0.05, 0) is 42.9 Å². The van der Waals surface area contributed by atoms with Gasteiger partial charge in [0.05, 0.1) is 10.6 Å². The Hall–Kier alpha value is -3.33. The van der Waals surface area contributed by atoms with Crippen LogP contribution < -0.4 is 5.32 Å². The van der Waals surface area contributed by atoms with Crippen molar-refractivity contribution in [3.05, 3.63) is 64.0 Å². The van der Waals surface area contributed by atoms with Crippen LogP contribution in [-0.2, 0) is 9.59 Å². The monoisotopic (exact) mass is 398 g/mol. The number of amides is 2. The van der Waals surface area contributed by atoms with Gasteiger partial charge in [-0.15, -0.1) is 0 Å². The molecule has 28 heavy (non-hydrogen) atoms. The van der Waals surface area contributed by atoms with E-state index in [0.29, 0.717) is 17.9 Å². The molecule has 0 saturated carbocycles. The topological polar surface area (TPSA) is 97.5 Å².